The predicted molar refractivity (Wildman–Crippen MR) is 59.6 cm³/mol. The van der Waals surface area contributed by atoms with E-state index in [4.69, 9.17) is 0 Å². The minimum atomic E-state index is 0.0252. The molecular formula is C12H14Te. The molecule has 0 amide bonds. The Kier molecular flexibility index (Phi) is 2.77. The van der Waals surface area contributed by atoms with Gasteiger partial charge in [0, 0.05) is 0 Å². The summed E-state index contributed by atoms with van der Waals surface area (Å²) in [5, 5.41) is 1.54. The summed E-state index contributed by atoms with van der Waals surface area (Å²) in [6.07, 6.45) is 1.24. The fraction of sp³-hybridized carbons (Fsp3) is 0.333. The molecule has 0 radical (unpaired) electrons. The molecule has 0 bridgehead atoms. The molecule has 0 fully saturated rings. The summed E-state index contributed by atoms with van der Waals surface area (Å²) in [7, 11) is 0. The van der Waals surface area contributed by atoms with Crippen LogP contribution >= 0.6 is 0 Å². The zero-order valence-electron chi connectivity index (χ0n) is 8.08. The van der Waals surface area contributed by atoms with Crippen molar-refractivity contribution in [3.05, 3.63) is 33.9 Å². The summed E-state index contributed by atoms with van der Waals surface area (Å²) in [6, 6.07) is 9.14. The molecule has 0 aliphatic heterocycles. The zero-order chi connectivity index (χ0) is 9.26. The molecule has 0 saturated carbocycles. The third-order valence-electron chi connectivity index (χ3n) is 2.67. The Labute approximate surface area is 89.2 Å². The van der Waals surface area contributed by atoms with E-state index in [1.807, 2.05) is 0 Å². The van der Waals surface area contributed by atoms with E-state index >= 15 is 0 Å². The molecule has 2 rings (SSSR count). The van der Waals surface area contributed by atoms with Gasteiger partial charge in [0.25, 0.3) is 0 Å². The van der Waals surface area contributed by atoms with Crippen molar-refractivity contribution < 1.29 is 0 Å². The van der Waals surface area contributed by atoms with Crippen molar-refractivity contribution in [3.8, 4) is 0 Å². The van der Waals surface area contributed by atoms with E-state index in [1.165, 1.54) is 6.42 Å². The fourth-order valence-corrected chi connectivity index (χ4v) is 4.01. The Morgan fingerprint density at radius 2 is 2.15 bits per heavy atom. The molecular weight excluding hydrogens is 272 g/mol. The van der Waals surface area contributed by atoms with Gasteiger partial charge in [0.1, 0.15) is 0 Å². The predicted octanol–water partition coefficient (Wildman–Crippen LogP) is 3.41. The Bertz CT molecular complexity index is 400. The van der Waals surface area contributed by atoms with Crippen LogP contribution in [0.3, 0.4) is 0 Å². The van der Waals surface area contributed by atoms with Crippen molar-refractivity contribution in [3.63, 3.8) is 0 Å². The summed E-state index contributed by atoms with van der Waals surface area (Å²) >= 11 is 0.0252. The van der Waals surface area contributed by atoms with E-state index in [9.17, 15) is 0 Å². The third kappa shape index (κ3) is 1.68. The number of hydrogen-bond donors (Lipinski definition) is 0. The second-order valence-electron chi connectivity index (χ2n) is 3.49. The molecule has 1 heterocycles. The van der Waals surface area contributed by atoms with E-state index < -0.39 is 0 Å². The summed E-state index contributed by atoms with van der Waals surface area (Å²) in [4.78, 5) is 0. The van der Waals surface area contributed by atoms with Gasteiger partial charge >= 0.3 is 89.3 Å². The van der Waals surface area contributed by atoms with Crippen molar-refractivity contribution in [1.29, 1.82) is 0 Å². The van der Waals surface area contributed by atoms with Gasteiger partial charge in [-0.1, -0.05) is 0 Å². The van der Waals surface area contributed by atoms with Crippen molar-refractivity contribution in [1.82, 2.24) is 0 Å². The van der Waals surface area contributed by atoms with Crippen LogP contribution in [0.2, 0.25) is 0 Å². The van der Waals surface area contributed by atoms with E-state index in [0.29, 0.717) is 5.92 Å². The minimum absolute atomic E-state index is 0.0252. The molecule has 0 N–H and O–H groups in total. The molecule has 1 heteroatoms. The van der Waals surface area contributed by atoms with Crippen LogP contribution in [0.4, 0.5) is 0 Å². The molecule has 1 aromatic heterocycles. The number of rotatable bonds is 2. The topological polar surface area (TPSA) is 0 Å². The van der Waals surface area contributed by atoms with Gasteiger partial charge in [-0.05, 0) is 0 Å². The molecule has 1 aromatic carbocycles. The van der Waals surface area contributed by atoms with Gasteiger partial charge in [0.2, 0.25) is 0 Å². The van der Waals surface area contributed by atoms with Gasteiger partial charge in [0.15, 0.2) is 0 Å². The molecule has 0 aliphatic rings. The number of benzene rings is 1. The molecule has 0 nitrogen and oxygen atoms in total. The average Bonchev–Trinajstić information content (AvgIpc) is 2.63. The first-order valence-electron chi connectivity index (χ1n) is 4.79. The van der Waals surface area contributed by atoms with Gasteiger partial charge in [-0.15, -0.1) is 0 Å². The zero-order valence-corrected chi connectivity index (χ0v) is 10.4. The summed E-state index contributed by atoms with van der Waals surface area (Å²) in [5.74, 6) is 0.713. The van der Waals surface area contributed by atoms with Gasteiger partial charge < -0.3 is 0 Å². The van der Waals surface area contributed by atoms with E-state index in [1.54, 1.807) is 14.4 Å². The molecule has 0 aliphatic carbocycles. The maximum absolute atomic E-state index is 2.39. The number of fused-ring (bicyclic) bond motifs is 1. The van der Waals surface area contributed by atoms with Crippen LogP contribution < -0.4 is 0 Å². The van der Waals surface area contributed by atoms with E-state index in [0.717, 1.165) is 0 Å². The molecule has 13 heavy (non-hydrogen) atoms. The van der Waals surface area contributed by atoms with Crippen LogP contribution in [-0.2, 0) is 0 Å². The second kappa shape index (κ2) is 3.86. The molecule has 2 aromatic rings. The molecule has 0 saturated heterocycles. The molecule has 68 valence electrons. The normalized spacial score (nSPS) is 13.4. The van der Waals surface area contributed by atoms with Gasteiger partial charge in [-0.25, -0.2) is 0 Å². The molecule has 1 atom stereocenters. The van der Waals surface area contributed by atoms with Gasteiger partial charge in [-0.2, -0.15) is 0 Å². The van der Waals surface area contributed by atoms with Crippen molar-refractivity contribution in [2.75, 3.05) is 0 Å². The molecule has 1 unspecified atom stereocenters. The Morgan fingerprint density at radius 3 is 2.92 bits per heavy atom. The van der Waals surface area contributed by atoms with Crippen molar-refractivity contribution >= 4 is 29.2 Å². The Hall–Kier alpha value is -0.250. The number of hydrogen-bond acceptors (Lipinski definition) is 0. The standard InChI is InChI=1S/C12H14Te/c1-3-9(2)10-5-4-6-12-11(10)7-8-13-12/h4-9H,3H2,1-2H3. The third-order valence-corrected chi connectivity index (χ3v) is 5.19. The second-order valence-corrected chi connectivity index (χ2v) is 6.19. The van der Waals surface area contributed by atoms with Gasteiger partial charge in [0.05, 0.1) is 0 Å². The van der Waals surface area contributed by atoms with Crippen LogP contribution in [0, 0.1) is 0 Å². The average molecular weight is 286 g/mol. The monoisotopic (exact) mass is 288 g/mol. The first kappa shape index (κ1) is 9.31. The van der Waals surface area contributed by atoms with Crippen LogP contribution in [0.5, 0.6) is 0 Å². The van der Waals surface area contributed by atoms with Crippen LogP contribution in [0.25, 0.3) is 8.79 Å². The summed E-state index contributed by atoms with van der Waals surface area (Å²) in [6.45, 7) is 4.59. The van der Waals surface area contributed by atoms with E-state index in [-0.39, 0.29) is 20.4 Å². The Balaban J connectivity index is 2.60. The van der Waals surface area contributed by atoms with Crippen LogP contribution in [0.15, 0.2) is 28.3 Å². The summed E-state index contributed by atoms with van der Waals surface area (Å²) < 4.78 is 4.02. The quantitative estimate of drug-likeness (QED) is 0.742. The SMILES string of the molecule is CCC(C)c1cccc2[te]ccc12. The molecule has 0 spiro atoms. The van der Waals surface area contributed by atoms with Crippen molar-refractivity contribution in [2.45, 2.75) is 26.2 Å². The van der Waals surface area contributed by atoms with Gasteiger partial charge in [-0.3, -0.25) is 0 Å². The van der Waals surface area contributed by atoms with Crippen molar-refractivity contribution in [2.24, 2.45) is 0 Å². The first-order chi connectivity index (χ1) is 6.33. The van der Waals surface area contributed by atoms with Crippen LogP contribution in [-0.4, -0.2) is 20.4 Å². The first-order valence-corrected chi connectivity index (χ1v) is 7.30. The fourth-order valence-electron chi connectivity index (χ4n) is 1.67. The summed E-state index contributed by atoms with van der Waals surface area (Å²) in [5.41, 5.74) is 1.55. The van der Waals surface area contributed by atoms with E-state index in [2.05, 4.69) is 42.2 Å². The van der Waals surface area contributed by atoms with Crippen LogP contribution in [0.1, 0.15) is 31.7 Å². The Morgan fingerprint density at radius 1 is 1.31 bits per heavy atom. The maximum atomic E-state index is 2.39.